The van der Waals surface area contributed by atoms with Gasteiger partial charge in [-0.3, -0.25) is 4.68 Å². The summed E-state index contributed by atoms with van der Waals surface area (Å²) in [5.41, 5.74) is 5.72. The first-order valence-electron chi connectivity index (χ1n) is 3.49. The number of anilines is 1. The fraction of sp³-hybridized carbons (Fsp3) is 0.429. The molecule has 4 heteroatoms. The Bertz CT molecular complexity index is 315. The molecule has 1 aromatic rings. The van der Waals surface area contributed by atoms with Crippen molar-refractivity contribution in [2.45, 2.75) is 18.4 Å². The lowest BCUT2D eigenvalue weighted by Gasteiger charge is -2.03. The molecule has 0 saturated heterocycles. The second-order valence-corrected chi connectivity index (χ2v) is 2.86. The second kappa shape index (κ2) is 1.76. The SMILES string of the molecule is N#CC1(n2cc(N)cn2)CC1. The van der Waals surface area contributed by atoms with Gasteiger partial charge in [0, 0.05) is 6.20 Å². The maximum atomic E-state index is 8.77. The van der Waals surface area contributed by atoms with Crippen LogP contribution < -0.4 is 5.73 Å². The number of nitrogens with two attached hydrogens (primary N) is 1. The Hall–Kier alpha value is -1.50. The molecular weight excluding hydrogens is 140 g/mol. The highest BCUT2D eigenvalue weighted by Gasteiger charge is 2.46. The number of aromatic nitrogens is 2. The molecular formula is C7H8N4. The first-order chi connectivity index (χ1) is 5.27. The van der Waals surface area contributed by atoms with E-state index in [-0.39, 0.29) is 5.54 Å². The quantitative estimate of drug-likeness (QED) is 0.629. The average Bonchev–Trinajstić information content (AvgIpc) is 2.70. The highest BCUT2D eigenvalue weighted by atomic mass is 15.3. The van der Waals surface area contributed by atoms with Gasteiger partial charge in [0.2, 0.25) is 0 Å². The molecule has 0 atom stereocenters. The molecule has 1 fully saturated rings. The first kappa shape index (κ1) is 6.23. The largest absolute Gasteiger partial charge is 0.396 e. The highest BCUT2D eigenvalue weighted by Crippen LogP contribution is 2.42. The molecule has 0 spiro atoms. The molecule has 1 aliphatic carbocycles. The van der Waals surface area contributed by atoms with E-state index in [1.165, 1.54) is 0 Å². The van der Waals surface area contributed by atoms with E-state index in [9.17, 15) is 0 Å². The Labute approximate surface area is 64.2 Å². The molecule has 0 unspecified atom stereocenters. The molecule has 0 aliphatic heterocycles. The van der Waals surface area contributed by atoms with Crippen LogP contribution in [0.5, 0.6) is 0 Å². The molecule has 1 saturated carbocycles. The molecule has 11 heavy (non-hydrogen) atoms. The van der Waals surface area contributed by atoms with E-state index in [0.717, 1.165) is 12.8 Å². The lowest BCUT2D eigenvalue weighted by Crippen LogP contribution is -2.14. The van der Waals surface area contributed by atoms with Crippen molar-refractivity contribution in [3.8, 4) is 6.07 Å². The summed E-state index contributed by atoms with van der Waals surface area (Å²) in [6.07, 6.45) is 5.06. The maximum absolute atomic E-state index is 8.77. The summed E-state index contributed by atoms with van der Waals surface area (Å²) in [5.74, 6) is 0. The number of nitrogen functional groups attached to an aromatic ring is 1. The smallest absolute Gasteiger partial charge is 0.149 e. The number of rotatable bonds is 1. The molecule has 0 aromatic carbocycles. The zero-order valence-electron chi connectivity index (χ0n) is 5.99. The van der Waals surface area contributed by atoms with E-state index in [0.29, 0.717) is 5.69 Å². The predicted octanol–water partition coefficient (Wildman–Crippen LogP) is 0.478. The molecule has 0 amide bonds. The minimum Gasteiger partial charge on any atom is -0.396 e. The summed E-state index contributed by atoms with van der Waals surface area (Å²) < 4.78 is 1.66. The molecule has 0 bridgehead atoms. The summed E-state index contributed by atoms with van der Waals surface area (Å²) >= 11 is 0. The minimum absolute atomic E-state index is 0.363. The van der Waals surface area contributed by atoms with E-state index in [1.807, 2.05) is 0 Å². The van der Waals surface area contributed by atoms with Crippen LogP contribution in [0, 0.1) is 11.3 Å². The summed E-state index contributed by atoms with van der Waals surface area (Å²) in [7, 11) is 0. The van der Waals surface area contributed by atoms with Crippen LogP contribution in [0.1, 0.15) is 12.8 Å². The van der Waals surface area contributed by atoms with Crippen LogP contribution in [0.15, 0.2) is 12.4 Å². The molecule has 2 rings (SSSR count). The van der Waals surface area contributed by atoms with Gasteiger partial charge >= 0.3 is 0 Å². The van der Waals surface area contributed by atoms with Crippen molar-refractivity contribution in [1.82, 2.24) is 9.78 Å². The average molecular weight is 148 g/mol. The van der Waals surface area contributed by atoms with Gasteiger partial charge in [-0.1, -0.05) is 0 Å². The number of hydrogen-bond acceptors (Lipinski definition) is 3. The van der Waals surface area contributed by atoms with Gasteiger partial charge in [-0.2, -0.15) is 10.4 Å². The Balaban J connectivity index is 2.38. The monoisotopic (exact) mass is 148 g/mol. The molecule has 1 aliphatic rings. The molecule has 0 radical (unpaired) electrons. The van der Waals surface area contributed by atoms with Crippen molar-refractivity contribution in [2.24, 2.45) is 0 Å². The van der Waals surface area contributed by atoms with E-state index in [2.05, 4.69) is 11.2 Å². The molecule has 56 valence electrons. The zero-order chi connectivity index (χ0) is 7.90. The summed E-state index contributed by atoms with van der Waals surface area (Å²) in [5, 5.41) is 12.8. The van der Waals surface area contributed by atoms with Crippen molar-refractivity contribution in [1.29, 1.82) is 5.26 Å². The van der Waals surface area contributed by atoms with Gasteiger partial charge in [0.15, 0.2) is 0 Å². The maximum Gasteiger partial charge on any atom is 0.149 e. The number of hydrogen-bond donors (Lipinski definition) is 1. The lowest BCUT2D eigenvalue weighted by molar-refractivity contribution is 0.536. The summed E-state index contributed by atoms with van der Waals surface area (Å²) in [4.78, 5) is 0. The van der Waals surface area contributed by atoms with E-state index in [4.69, 9.17) is 11.0 Å². The topological polar surface area (TPSA) is 67.6 Å². The van der Waals surface area contributed by atoms with Gasteiger partial charge in [-0.15, -0.1) is 0 Å². The molecule has 2 N–H and O–H groups in total. The molecule has 1 aromatic heterocycles. The Kier molecular flexibility index (Phi) is 0.994. The first-order valence-corrected chi connectivity index (χ1v) is 3.49. The van der Waals surface area contributed by atoms with Crippen LogP contribution >= 0.6 is 0 Å². The fourth-order valence-electron chi connectivity index (χ4n) is 1.08. The van der Waals surface area contributed by atoms with Crippen molar-refractivity contribution in [3.63, 3.8) is 0 Å². The predicted molar refractivity (Wildman–Crippen MR) is 39.5 cm³/mol. The number of nitrogens with zero attached hydrogens (tertiary/aromatic N) is 3. The van der Waals surface area contributed by atoms with E-state index in [1.54, 1.807) is 17.1 Å². The van der Waals surface area contributed by atoms with Gasteiger partial charge < -0.3 is 5.73 Å². The van der Waals surface area contributed by atoms with Crippen molar-refractivity contribution in [2.75, 3.05) is 5.73 Å². The van der Waals surface area contributed by atoms with Crippen LogP contribution in [0.2, 0.25) is 0 Å². The standard InChI is InChI=1S/C7H8N4/c8-5-7(1-2-7)11-4-6(9)3-10-11/h3-4H,1-2,9H2. The molecule has 1 heterocycles. The normalized spacial score (nSPS) is 19.2. The van der Waals surface area contributed by atoms with Crippen LogP contribution in [0.25, 0.3) is 0 Å². The number of nitriles is 1. The third-order valence-electron chi connectivity index (χ3n) is 1.97. The van der Waals surface area contributed by atoms with Crippen LogP contribution in [0.3, 0.4) is 0 Å². The summed E-state index contributed by atoms with van der Waals surface area (Å²) in [6.45, 7) is 0. The Morgan fingerprint density at radius 1 is 1.73 bits per heavy atom. The third-order valence-corrected chi connectivity index (χ3v) is 1.97. The van der Waals surface area contributed by atoms with E-state index < -0.39 is 0 Å². The Morgan fingerprint density at radius 2 is 2.45 bits per heavy atom. The van der Waals surface area contributed by atoms with Crippen molar-refractivity contribution in [3.05, 3.63) is 12.4 Å². The third kappa shape index (κ3) is 0.777. The van der Waals surface area contributed by atoms with Crippen LogP contribution in [-0.4, -0.2) is 9.78 Å². The van der Waals surface area contributed by atoms with Gasteiger partial charge in [0.05, 0.1) is 18.0 Å². The second-order valence-electron chi connectivity index (χ2n) is 2.86. The van der Waals surface area contributed by atoms with Gasteiger partial charge in [-0.25, -0.2) is 0 Å². The zero-order valence-corrected chi connectivity index (χ0v) is 5.99. The van der Waals surface area contributed by atoms with Crippen LogP contribution in [0.4, 0.5) is 5.69 Å². The van der Waals surface area contributed by atoms with Gasteiger partial charge in [0.1, 0.15) is 5.54 Å². The minimum atomic E-state index is -0.363. The fourth-order valence-corrected chi connectivity index (χ4v) is 1.08. The lowest BCUT2D eigenvalue weighted by atomic mass is 10.3. The molecule has 4 nitrogen and oxygen atoms in total. The summed E-state index contributed by atoms with van der Waals surface area (Å²) in [6, 6.07) is 2.23. The van der Waals surface area contributed by atoms with Gasteiger partial charge in [-0.05, 0) is 12.8 Å². The Morgan fingerprint density at radius 3 is 2.82 bits per heavy atom. The van der Waals surface area contributed by atoms with E-state index >= 15 is 0 Å². The van der Waals surface area contributed by atoms with Crippen molar-refractivity contribution < 1.29 is 0 Å². The highest BCUT2D eigenvalue weighted by molar-refractivity contribution is 5.32. The van der Waals surface area contributed by atoms with Gasteiger partial charge in [0.25, 0.3) is 0 Å². The van der Waals surface area contributed by atoms with Crippen LogP contribution in [-0.2, 0) is 5.54 Å². The van der Waals surface area contributed by atoms with Crippen molar-refractivity contribution >= 4 is 5.69 Å².